The second-order valence-electron chi connectivity index (χ2n) is 8.92. The third kappa shape index (κ3) is 5.19. The third-order valence-corrected chi connectivity index (χ3v) is 6.29. The van der Waals surface area contributed by atoms with Gasteiger partial charge in [-0.2, -0.15) is 4.98 Å². The second-order valence-corrected chi connectivity index (χ2v) is 8.92. The van der Waals surface area contributed by atoms with Gasteiger partial charge in [0.25, 0.3) is 5.91 Å². The summed E-state index contributed by atoms with van der Waals surface area (Å²) >= 11 is 0. The Kier molecular flexibility index (Phi) is 6.45. The van der Waals surface area contributed by atoms with E-state index in [4.69, 9.17) is 4.98 Å². The lowest BCUT2D eigenvalue weighted by Gasteiger charge is -2.14. The molecule has 0 bridgehead atoms. The van der Waals surface area contributed by atoms with Crippen molar-refractivity contribution in [2.75, 3.05) is 10.6 Å². The van der Waals surface area contributed by atoms with Crippen LogP contribution in [0, 0.1) is 0 Å². The van der Waals surface area contributed by atoms with E-state index in [1.165, 1.54) is 0 Å². The highest BCUT2D eigenvalue weighted by atomic mass is 16.1. The van der Waals surface area contributed by atoms with Crippen molar-refractivity contribution in [1.82, 2.24) is 29.5 Å². The van der Waals surface area contributed by atoms with Gasteiger partial charge in [0.05, 0.1) is 22.8 Å². The molecule has 0 unspecified atom stereocenters. The van der Waals surface area contributed by atoms with Gasteiger partial charge in [0.2, 0.25) is 11.9 Å². The lowest BCUT2D eigenvalue weighted by atomic mass is 10.1. The quantitative estimate of drug-likeness (QED) is 0.282. The summed E-state index contributed by atoms with van der Waals surface area (Å²) in [6, 6.07) is 28.7. The second kappa shape index (κ2) is 10.5. The largest absolute Gasteiger partial charge is 0.348 e. The maximum atomic E-state index is 12.5. The smallest absolute Gasteiger partial charge is 0.258 e. The molecule has 0 fully saturated rings. The molecular formula is C30H24N8O. The highest BCUT2D eigenvalue weighted by Crippen LogP contribution is 2.25. The number of imidazole rings is 1. The number of nitrogens with zero attached hydrogens (tertiary/aromatic N) is 6. The molecule has 2 N–H and O–H groups in total. The lowest BCUT2D eigenvalue weighted by Crippen LogP contribution is -2.14. The Morgan fingerprint density at radius 1 is 0.795 bits per heavy atom. The molecule has 3 aromatic heterocycles. The van der Waals surface area contributed by atoms with Gasteiger partial charge in [-0.3, -0.25) is 14.7 Å². The summed E-state index contributed by atoms with van der Waals surface area (Å²) in [7, 11) is 0. The van der Waals surface area contributed by atoms with Crippen molar-refractivity contribution in [2.45, 2.75) is 13.0 Å². The Morgan fingerprint density at radius 3 is 2.36 bits per heavy atom. The number of rotatable bonds is 7. The maximum absolute atomic E-state index is 12.5. The topological polar surface area (TPSA) is 111 Å². The molecule has 0 aliphatic heterocycles. The molecule has 0 aliphatic carbocycles. The zero-order valence-corrected chi connectivity index (χ0v) is 21.1. The minimum Gasteiger partial charge on any atom is -0.348 e. The number of carbonyl (C=O) groups is 1. The minimum absolute atomic E-state index is 0.0544. The predicted octanol–water partition coefficient (Wildman–Crippen LogP) is 5.70. The van der Waals surface area contributed by atoms with Crippen LogP contribution >= 0.6 is 0 Å². The molecule has 39 heavy (non-hydrogen) atoms. The van der Waals surface area contributed by atoms with Crippen LogP contribution in [0.15, 0.2) is 110 Å². The van der Waals surface area contributed by atoms with Crippen LogP contribution in [-0.2, 0) is 0 Å². The molecule has 0 saturated carbocycles. The summed E-state index contributed by atoms with van der Waals surface area (Å²) in [5.74, 6) is 1.21. The van der Waals surface area contributed by atoms with Crippen LogP contribution in [0.25, 0.3) is 28.1 Å². The molecule has 0 radical (unpaired) electrons. The number of benzene rings is 3. The Morgan fingerprint density at radius 2 is 1.54 bits per heavy atom. The van der Waals surface area contributed by atoms with Crippen molar-refractivity contribution in [1.29, 1.82) is 0 Å². The first-order valence-electron chi connectivity index (χ1n) is 12.5. The molecule has 0 spiro atoms. The number of hydrogen-bond donors (Lipinski definition) is 2. The molecule has 1 amide bonds. The van der Waals surface area contributed by atoms with E-state index >= 15 is 0 Å². The zero-order chi connectivity index (χ0) is 26.6. The minimum atomic E-state index is -0.265. The van der Waals surface area contributed by atoms with E-state index in [0.717, 1.165) is 22.2 Å². The third-order valence-electron chi connectivity index (χ3n) is 6.29. The van der Waals surface area contributed by atoms with Crippen molar-refractivity contribution in [3.8, 4) is 17.1 Å². The molecule has 1 atom stereocenters. The molecular weight excluding hydrogens is 488 g/mol. The van der Waals surface area contributed by atoms with Gasteiger partial charge >= 0.3 is 0 Å². The number of nitrogens with one attached hydrogen (secondary N) is 2. The van der Waals surface area contributed by atoms with Crippen LogP contribution in [0.1, 0.15) is 28.9 Å². The van der Waals surface area contributed by atoms with E-state index in [2.05, 4.69) is 49.6 Å². The number of aromatic nitrogens is 6. The predicted molar refractivity (Wildman–Crippen MR) is 151 cm³/mol. The summed E-state index contributed by atoms with van der Waals surface area (Å²) in [6.07, 6.45) is 5.10. The Labute approximate surface area is 224 Å². The van der Waals surface area contributed by atoms with E-state index in [0.29, 0.717) is 23.0 Å². The van der Waals surface area contributed by atoms with Gasteiger partial charge in [-0.05, 0) is 48.9 Å². The summed E-state index contributed by atoms with van der Waals surface area (Å²) in [4.78, 5) is 35.0. The standard InChI is InChI=1S/C30H24N8O/c1-20(21-8-4-2-5-9-21)34-29-32-17-15-27(36-29)38-19-33-25-18-23(12-13-26(25)38)24-14-16-31-30(35-24)37-28(39)22-10-6-3-7-11-22/h2-20H,1H3,(H,32,34,36)(H,31,35,37,39)/t20-/m0/s1. The van der Waals surface area contributed by atoms with Crippen LogP contribution in [0.2, 0.25) is 0 Å². The zero-order valence-electron chi connectivity index (χ0n) is 21.1. The summed E-state index contributed by atoms with van der Waals surface area (Å²) in [5, 5.41) is 6.13. The van der Waals surface area contributed by atoms with Gasteiger partial charge < -0.3 is 5.32 Å². The van der Waals surface area contributed by atoms with Crippen molar-refractivity contribution >= 4 is 28.8 Å². The summed E-state index contributed by atoms with van der Waals surface area (Å²) < 4.78 is 1.92. The lowest BCUT2D eigenvalue weighted by molar-refractivity contribution is 0.102. The Hall–Kier alpha value is -5.44. The fourth-order valence-electron chi connectivity index (χ4n) is 4.27. The van der Waals surface area contributed by atoms with Crippen LogP contribution in [0.5, 0.6) is 0 Å². The fraction of sp³-hybridized carbons (Fsp3) is 0.0667. The maximum Gasteiger partial charge on any atom is 0.258 e. The van der Waals surface area contributed by atoms with Gasteiger partial charge in [-0.1, -0.05) is 54.6 Å². The van der Waals surface area contributed by atoms with E-state index in [-0.39, 0.29) is 17.9 Å². The van der Waals surface area contributed by atoms with E-state index in [9.17, 15) is 4.79 Å². The van der Waals surface area contributed by atoms with E-state index in [1.807, 2.05) is 65.2 Å². The molecule has 3 heterocycles. The number of fused-ring (bicyclic) bond motifs is 1. The monoisotopic (exact) mass is 512 g/mol. The Balaban J connectivity index is 1.23. The van der Waals surface area contributed by atoms with Crippen molar-refractivity contribution in [2.24, 2.45) is 0 Å². The number of anilines is 2. The first kappa shape index (κ1) is 23.9. The number of hydrogen-bond acceptors (Lipinski definition) is 7. The number of carbonyl (C=O) groups excluding carboxylic acids is 1. The van der Waals surface area contributed by atoms with Crippen LogP contribution in [0.4, 0.5) is 11.9 Å². The van der Waals surface area contributed by atoms with Gasteiger partial charge in [0, 0.05) is 23.5 Å². The highest BCUT2D eigenvalue weighted by Gasteiger charge is 2.13. The molecule has 190 valence electrons. The molecule has 6 rings (SSSR count). The molecule has 0 aliphatic rings. The van der Waals surface area contributed by atoms with Crippen molar-refractivity contribution in [3.63, 3.8) is 0 Å². The highest BCUT2D eigenvalue weighted by molar-refractivity contribution is 6.03. The van der Waals surface area contributed by atoms with Gasteiger partial charge in [0.15, 0.2) is 0 Å². The Bertz CT molecular complexity index is 1750. The first-order valence-corrected chi connectivity index (χ1v) is 12.5. The van der Waals surface area contributed by atoms with Gasteiger partial charge in [-0.25, -0.2) is 19.9 Å². The fourth-order valence-corrected chi connectivity index (χ4v) is 4.27. The number of amides is 1. The van der Waals surface area contributed by atoms with E-state index < -0.39 is 0 Å². The summed E-state index contributed by atoms with van der Waals surface area (Å²) in [5.41, 5.74) is 4.90. The van der Waals surface area contributed by atoms with Gasteiger partial charge in [-0.15, -0.1) is 0 Å². The molecule has 9 nitrogen and oxygen atoms in total. The summed E-state index contributed by atoms with van der Waals surface area (Å²) in [6.45, 7) is 2.07. The molecule has 9 heteroatoms. The van der Waals surface area contributed by atoms with Crippen LogP contribution < -0.4 is 10.6 Å². The SMILES string of the molecule is C[C@H](Nc1nccc(-n2cnc3cc(-c4ccnc(NC(=O)c5ccccc5)n4)ccc32)n1)c1ccccc1. The van der Waals surface area contributed by atoms with Crippen LogP contribution in [0.3, 0.4) is 0 Å². The molecule has 6 aromatic rings. The average Bonchev–Trinajstić information content (AvgIpc) is 3.42. The van der Waals surface area contributed by atoms with Crippen molar-refractivity contribution in [3.05, 3.63) is 121 Å². The van der Waals surface area contributed by atoms with Crippen molar-refractivity contribution < 1.29 is 4.79 Å². The molecule has 3 aromatic carbocycles. The van der Waals surface area contributed by atoms with Crippen LogP contribution in [-0.4, -0.2) is 35.4 Å². The first-order chi connectivity index (χ1) is 19.1. The average molecular weight is 513 g/mol. The van der Waals surface area contributed by atoms with E-state index in [1.54, 1.807) is 36.9 Å². The molecule has 0 saturated heterocycles. The van der Waals surface area contributed by atoms with Gasteiger partial charge in [0.1, 0.15) is 12.1 Å². The normalized spacial score (nSPS) is 11.7.